The minimum atomic E-state index is -0.104. The molecule has 0 aliphatic carbocycles. The summed E-state index contributed by atoms with van der Waals surface area (Å²) < 4.78 is 5.92. The van der Waals surface area contributed by atoms with Crippen molar-refractivity contribution >= 4 is 33.8 Å². The average molecular weight is 267 g/mol. The monoisotopic (exact) mass is 267 g/mol. The number of furan rings is 1. The standard InChI is InChI=1S/C15H13N3O2/c19-15-16-6-3-7-18(15)13-8-10-9-17-12-5-2-1-4-11(12)14(10)20-13/h1-2,4-5,8-9H,3,6-7H2,(H,16,19). The number of carbonyl (C=O) groups is 1. The van der Waals surface area contributed by atoms with E-state index in [4.69, 9.17) is 4.42 Å². The zero-order valence-corrected chi connectivity index (χ0v) is 10.8. The van der Waals surface area contributed by atoms with Gasteiger partial charge in [-0.05, 0) is 18.6 Å². The van der Waals surface area contributed by atoms with Crippen LogP contribution in [0.4, 0.5) is 10.7 Å². The van der Waals surface area contributed by atoms with Crippen LogP contribution in [0.5, 0.6) is 0 Å². The number of aromatic nitrogens is 1. The molecule has 100 valence electrons. The van der Waals surface area contributed by atoms with Gasteiger partial charge in [0.15, 0.2) is 0 Å². The van der Waals surface area contributed by atoms with Crippen LogP contribution in [0.2, 0.25) is 0 Å². The Morgan fingerprint density at radius 3 is 3.10 bits per heavy atom. The molecule has 1 saturated heterocycles. The van der Waals surface area contributed by atoms with Crippen molar-refractivity contribution in [1.29, 1.82) is 0 Å². The Labute approximate surface area is 115 Å². The molecule has 2 aromatic heterocycles. The lowest BCUT2D eigenvalue weighted by Crippen LogP contribution is -2.46. The normalized spacial score (nSPS) is 15.8. The van der Waals surface area contributed by atoms with Gasteiger partial charge in [-0.2, -0.15) is 0 Å². The van der Waals surface area contributed by atoms with Crippen LogP contribution in [0.15, 0.2) is 40.9 Å². The summed E-state index contributed by atoms with van der Waals surface area (Å²) >= 11 is 0. The van der Waals surface area contributed by atoms with Gasteiger partial charge in [-0.3, -0.25) is 9.88 Å². The quantitative estimate of drug-likeness (QED) is 0.737. The third-order valence-electron chi connectivity index (χ3n) is 3.59. The fourth-order valence-electron chi connectivity index (χ4n) is 2.59. The Balaban J connectivity index is 1.90. The molecule has 0 atom stereocenters. The lowest BCUT2D eigenvalue weighted by Gasteiger charge is -2.24. The van der Waals surface area contributed by atoms with E-state index in [1.165, 1.54) is 0 Å². The molecule has 2 amide bonds. The van der Waals surface area contributed by atoms with Crippen LogP contribution in [0.1, 0.15) is 6.42 Å². The van der Waals surface area contributed by atoms with Crippen molar-refractivity contribution in [3.63, 3.8) is 0 Å². The summed E-state index contributed by atoms with van der Waals surface area (Å²) in [6.07, 6.45) is 2.70. The van der Waals surface area contributed by atoms with Gasteiger partial charge in [-0.1, -0.05) is 12.1 Å². The molecule has 1 N–H and O–H groups in total. The highest BCUT2D eigenvalue weighted by Gasteiger charge is 2.22. The Morgan fingerprint density at radius 1 is 1.30 bits per heavy atom. The van der Waals surface area contributed by atoms with Gasteiger partial charge in [0.25, 0.3) is 0 Å². The molecule has 1 aromatic carbocycles. The topological polar surface area (TPSA) is 58.4 Å². The second kappa shape index (κ2) is 4.23. The smallest absolute Gasteiger partial charge is 0.324 e. The van der Waals surface area contributed by atoms with Gasteiger partial charge in [0.05, 0.1) is 5.52 Å². The van der Waals surface area contributed by atoms with Crippen molar-refractivity contribution in [1.82, 2.24) is 10.3 Å². The molecule has 0 radical (unpaired) electrons. The summed E-state index contributed by atoms with van der Waals surface area (Å²) in [6, 6.07) is 9.61. The van der Waals surface area contributed by atoms with Crippen LogP contribution < -0.4 is 10.2 Å². The van der Waals surface area contributed by atoms with Crippen LogP contribution in [0.3, 0.4) is 0 Å². The van der Waals surface area contributed by atoms with E-state index in [1.807, 2.05) is 30.3 Å². The van der Waals surface area contributed by atoms with Gasteiger partial charge in [-0.25, -0.2) is 4.79 Å². The van der Waals surface area contributed by atoms with E-state index in [9.17, 15) is 4.79 Å². The van der Waals surface area contributed by atoms with Crippen LogP contribution in [-0.4, -0.2) is 24.1 Å². The van der Waals surface area contributed by atoms with E-state index in [1.54, 1.807) is 11.1 Å². The summed E-state index contributed by atoms with van der Waals surface area (Å²) in [7, 11) is 0. The molecule has 1 aliphatic heterocycles. The Hall–Kier alpha value is -2.56. The zero-order valence-electron chi connectivity index (χ0n) is 10.8. The van der Waals surface area contributed by atoms with Crippen molar-refractivity contribution in [2.24, 2.45) is 0 Å². The number of carbonyl (C=O) groups excluding carboxylic acids is 1. The first-order valence-electron chi connectivity index (χ1n) is 6.65. The lowest BCUT2D eigenvalue weighted by atomic mass is 10.2. The number of amides is 2. The van der Waals surface area contributed by atoms with Gasteiger partial charge < -0.3 is 9.73 Å². The van der Waals surface area contributed by atoms with Gasteiger partial charge in [0.2, 0.25) is 5.88 Å². The Bertz CT molecular complexity index is 809. The Morgan fingerprint density at radius 2 is 2.20 bits per heavy atom. The first-order valence-corrected chi connectivity index (χ1v) is 6.65. The van der Waals surface area contributed by atoms with E-state index in [-0.39, 0.29) is 6.03 Å². The molecule has 0 spiro atoms. The molecule has 0 bridgehead atoms. The van der Waals surface area contributed by atoms with Crippen LogP contribution in [0.25, 0.3) is 21.9 Å². The van der Waals surface area contributed by atoms with Gasteiger partial charge >= 0.3 is 6.03 Å². The first-order chi connectivity index (χ1) is 9.83. The van der Waals surface area contributed by atoms with E-state index >= 15 is 0 Å². The van der Waals surface area contributed by atoms with Crippen LogP contribution in [0, 0.1) is 0 Å². The molecular formula is C15H13N3O2. The number of rotatable bonds is 1. The number of pyridine rings is 1. The highest BCUT2D eigenvalue weighted by Crippen LogP contribution is 2.31. The predicted octanol–water partition coefficient (Wildman–Crippen LogP) is 2.90. The maximum atomic E-state index is 11.9. The highest BCUT2D eigenvalue weighted by atomic mass is 16.4. The third-order valence-corrected chi connectivity index (χ3v) is 3.59. The lowest BCUT2D eigenvalue weighted by molar-refractivity contribution is 0.241. The molecule has 0 unspecified atom stereocenters. The first kappa shape index (κ1) is 11.3. The van der Waals surface area contributed by atoms with Crippen molar-refractivity contribution in [2.75, 3.05) is 18.0 Å². The number of nitrogens with one attached hydrogen (secondary N) is 1. The summed E-state index contributed by atoms with van der Waals surface area (Å²) in [6.45, 7) is 1.40. The predicted molar refractivity (Wildman–Crippen MR) is 76.9 cm³/mol. The molecule has 5 nitrogen and oxygen atoms in total. The molecule has 4 rings (SSSR count). The number of urea groups is 1. The minimum Gasteiger partial charge on any atom is -0.439 e. The number of anilines is 1. The molecule has 5 heteroatoms. The third kappa shape index (κ3) is 1.63. The summed E-state index contributed by atoms with van der Waals surface area (Å²) in [5.74, 6) is 0.579. The number of benzene rings is 1. The maximum Gasteiger partial charge on any atom is 0.324 e. The van der Waals surface area contributed by atoms with E-state index < -0.39 is 0 Å². The van der Waals surface area contributed by atoms with Crippen LogP contribution in [-0.2, 0) is 0 Å². The number of hydrogen-bond acceptors (Lipinski definition) is 3. The summed E-state index contributed by atoms with van der Waals surface area (Å²) in [4.78, 5) is 17.9. The minimum absolute atomic E-state index is 0.104. The summed E-state index contributed by atoms with van der Waals surface area (Å²) in [5, 5.41) is 4.70. The SMILES string of the molecule is O=C1NCCCN1c1cc2cnc3ccccc3c2o1. The second-order valence-electron chi connectivity index (χ2n) is 4.88. The van der Waals surface area contributed by atoms with E-state index in [0.29, 0.717) is 12.4 Å². The second-order valence-corrected chi connectivity index (χ2v) is 4.88. The fourth-order valence-corrected chi connectivity index (χ4v) is 2.59. The van der Waals surface area contributed by atoms with E-state index in [0.717, 1.165) is 34.8 Å². The van der Waals surface area contributed by atoms with E-state index in [2.05, 4.69) is 10.3 Å². The molecular weight excluding hydrogens is 254 g/mol. The maximum absolute atomic E-state index is 11.9. The van der Waals surface area contributed by atoms with Crippen molar-refractivity contribution in [3.8, 4) is 0 Å². The zero-order chi connectivity index (χ0) is 13.5. The van der Waals surface area contributed by atoms with Crippen LogP contribution >= 0.6 is 0 Å². The molecule has 20 heavy (non-hydrogen) atoms. The summed E-state index contributed by atoms with van der Waals surface area (Å²) in [5.41, 5.74) is 1.67. The molecule has 3 heterocycles. The molecule has 1 fully saturated rings. The van der Waals surface area contributed by atoms with Crippen molar-refractivity contribution < 1.29 is 9.21 Å². The Kier molecular flexibility index (Phi) is 2.39. The molecule has 3 aromatic rings. The van der Waals surface area contributed by atoms with Gasteiger partial charge in [0.1, 0.15) is 5.58 Å². The van der Waals surface area contributed by atoms with Gasteiger partial charge in [0, 0.05) is 36.1 Å². The van der Waals surface area contributed by atoms with Crippen molar-refractivity contribution in [3.05, 3.63) is 36.5 Å². The average Bonchev–Trinajstić information content (AvgIpc) is 2.92. The largest absolute Gasteiger partial charge is 0.439 e. The number of para-hydroxylation sites is 1. The number of nitrogens with zero attached hydrogens (tertiary/aromatic N) is 2. The van der Waals surface area contributed by atoms with Crippen molar-refractivity contribution in [2.45, 2.75) is 6.42 Å². The van der Waals surface area contributed by atoms with Gasteiger partial charge in [-0.15, -0.1) is 0 Å². The number of hydrogen-bond donors (Lipinski definition) is 1. The highest BCUT2D eigenvalue weighted by molar-refractivity contribution is 6.04. The molecule has 1 aliphatic rings. The number of fused-ring (bicyclic) bond motifs is 3. The fraction of sp³-hybridized carbons (Fsp3) is 0.200. The molecule has 0 saturated carbocycles.